The monoisotopic (exact) mass is 534 g/mol. The third kappa shape index (κ3) is 8.99. The number of carbonyl (C=O) groups is 4. The van der Waals surface area contributed by atoms with E-state index in [9.17, 15) is 24.3 Å². The van der Waals surface area contributed by atoms with E-state index < -0.39 is 47.9 Å². The van der Waals surface area contributed by atoms with Crippen molar-refractivity contribution in [1.82, 2.24) is 20.9 Å². The molecular formula is C23H34N8O5S. The Morgan fingerprint density at radius 3 is 2.38 bits per heavy atom. The van der Waals surface area contributed by atoms with Gasteiger partial charge in [-0.3, -0.25) is 19.4 Å². The lowest BCUT2D eigenvalue weighted by atomic mass is 10.0. The number of hydrogen-bond donors (Lipinski definition) is 9. The van der Waals surface area contributed by atoms with E-state index in [1.807, 2.05) is 24.3 Å². The van der Waals surface area contributed by atoms with Crippen molar-refractivity contribution in [2.45, 2.75) is 50.4 Å². The number of hydrogen-bond acceptors (Lipinski definition) is 7. The maximum absolute atomic E-state index is 12.9. The number of H-pyrrole nitrogens is 1. The van der Waals surface area contributed by atoms with Crippen LogP contribution in [0, 0.1) is 0 Å². The van der Waals surface area contributed by atoms with Crippen LogP contribution in [-0.2, 0) is 25.6 Å². The number of para-hydroxylation sites is 1. The molecule has 0 saturated heterocycles. The van der Waals surface area contributed by atoms with Crippen molar-refractivity contribution < 1.29 is 24.3 Å². The molecule has 0 radical (unpaired) electrons. The highest BCUT2D eigenvalue weighted by Crippen LogP contribution is 2.19. The molecule has 0 aliphatic carbocycles. The number of nitrogens with one attached hydrogen (secondary N) is 4. The Balaban J connectivity index is 2.04. The Hall–Kier alpha value is -3.78. The summed E-state index contributed by atoms with van der Waals surface area (Å²) in [5.74, 6) is -3.18. The molecule has 1 heterocycles. The average Bonchev–Trinajstić information content (AvgIpc) is 3.27. The Labute approximate surface area is 219 Å². The lowest BCUT2D eigenvalue weighted by Crippen LogP contribution is -2.56. The summed E-state index contributed by atoms with van der Waals surface area (Å²) in [6, 6.07) is 3.13. The third-order valence-electron chi connectivity index (χ3n) is 5.58. The number of benzene rings is 1. The number of aliphatic imine (C=N–C) groups is 1. The number of amides is 3. The van der Waals surface area contributed by atoms with Crippen molar-refractivity contribution in [3.8, 4) is 0 Å². The van der Waals surface area contributed by atoms with Gasteiger partial charge in [0, 0.05) is 35.8 Å². The van der Waals surface area contributed by atoms with E-state index in [1.54, 1.807) is 6.20 Å². The van der Waals surface area contributed by atoms with Crippen LogP contribution in [0.3, 0.4) is 0 Å². The highest BCUT2D eigenvalue weighted by atomic mass is 32.1. The van der Waals surface area contributed by atoms with Crippen molar-refractivity contribution in [3.63, 3.8) is 0 Å². The zero-order valence-corrected chi connectivity index (χ0v) is 21.3. The van der Waals surface area contributed by atoms with Gasteiger partial charge in [-0.25, -0.2) is 4.79 Å². The molecule has 3 amide bonds. The zero-order chi connectivity index (χ0) is 27.5. The summed E-state index contributed by atoms with van der Waals surface area (Å²) in [5, 5.41) is 18.0. The second-order valence-corrected chi connectivity index (χ2v) is 8.86. The van der Waals surface area contributed by atoms with Gasteiger partial charge in [0.1, 0.15) is 18.1 Å². The van der Waals surface area contributed by atoms with Crippen LogP contribution in [0.4, 0.5) is 0 Å². The number of nitrogens with zero attached hydrogens (tertiary/aromatic N) is 1. The first-order valence-electron chi connectivity index (χ1n) is 11.6. The molecule has 0 aliphatic rings. The van der Waals surface area contributed by atoms with Gasteiger partial charge < -0.3 is 43.2 Å². The van der Waals surface area contributed by atoms with E-state index in [-0.39, 0.29) is 31.1 Å². The number of carboxylic acids is 1. The van der Waals surface area contributed by atoms with Crippen LogP contribution in [0.2, 0.25) is 0 Å². The minimum absolute atomic E-state index is 0.0385. The highest BCUT2D eigenvalue weighted by molar-refractivity contribution is 7.80. The summed E-state index contributed by atoms with van der Waals surface area (Å²) in [4.78, 5) is 56.6. The summed E-state index contributed by atoms with van der Waals surface area (Å²) in [7, 11) is 0. The van der Waals surface area contributed by atoms with E-state index in [2.05, 4.69) is 38.6 Å². The van der Waals surface area contributed by atoms with Crippen LogP contribution < -0.4 is 33.2 Å². The van der Waals surface area contributed by atoms with Crippen LogP contribution in [0.25, 0.3) is 10.9 Å². The second kappa shape index (κ2) is 14.1. The highest BCUT2D eigenvalue weighted by Gasteiger charge is 2.28. The van der Waals surface area contributed by atoms with Gasteiger partial charge in [0.15, 0.2) is 5.96 Å². The quantitative estimate of drug-likeness (QED) is 0.0602. The lowest BCUT2D eigenvalue weighted by molar-refractivity contribution is -0.142. The molecule has 4 atom stereocenters. The fourth-order valence-electron chi connectivity index (χ4n) is 3.53. The van der Waals surface area contributed by atoms with Gasteiger partial charge in [0.05, 0.1) is 6.04 Å². The van der Waals surface area contributed by atoms with Crippen LogP contribution in [0.1, 0.15) is 25.3 Å². The van der Waals surface area contributed by atoms with Crippen molar-refractivity contribution in [1.29, 1.82) is 0 Å². The Morgan fingerprint density at radius 1 is 1.05 bits per heavy atom. The topological polar surface area (TPSA) is 231 Å². The largest absolute Gasteiger partial charge is 0.480 e. The third-order valence-corrected chi connectivity index (χ3v) is 5.97. The molecule has 2 aromatic rings. The van der Waals surface area contributed by atoms with E-state index in [1.165, 1.54) is 6.92 Å². The fraction of sp³-hybridized carbons (Fsp3) is 0.435. The molecule has 0 bridgehead atoms. The van der Waals surface area contributed by atoms with Crippen LogP contribution in [0.5, 0.6) is 0 Å². The Kier molecular flexibility index (Phi) is 11.2. The maximum atomic E-state index is 12.9. The summed E-state index contributed by atoms with van der Waals surface area (Å²) in [5.41, 5.74) is 17.9. The molecule has 0 aliphatic heterocycles. The van der Waals surface area contributed by atoms with Crippen LogP contribution in [0.15, 0.2) is 35.5 Å². The fourth-order valence-corrected chi connectivity index (χ4v) is 3.70. The minimum Gasteiger partial charge on any atom is -0.480 e. The van der Waals surface area contributed by atoms with Gasteiger partial charge in [0.2, 0.25) is 17.7 Å². The predicted molar refractivity (Wildman–Crippen MR) is 143 cm³/mol. The van der Waals surface area contributed by atoms with Crippen LogP contribution >= 0.6 is 12.6 Å². The summed E-state index contributed by atoms with van der Waals surface area (Å²) >= 11 is 3.98. The normalized spacial score (nSPS) is 14.1. The molecule has 4 unspecified atom stereocenters. The van der Waals surface area contributed by atoms with Crippen molar-refractivity contribution >= 4 is 53.2 Å². The Bertz CT molecular complexity index is 1130. The zero-order valence-electron chi connectivity index (χ0n) is 20.4. The molecule has 202 valence electrons. The number of nitrogens with two attached hydrogens (primary N) is 3. The summed E-state index contributed by atoms with van der Waals surface area (Å²) < 4.78 is 0. The van der Waals surface area contributed by atoms with E-state index in [4.69, 9.17) is 17.2 Å². The van der Waals surface area contributed by atoms with Crippen molar-refractivity contribution in [2.24, 2.45) is 22.2 Å². The van der Waals surface area contributed by atoms with Crippen molar-refractivity contribution in [3.05, 3.63) is 36.0 Å². The predicted octanol–water partition coefficient (Wildman–Crippen LogP) is -1.42. The molecule has 37 heavy (non-hydrogen) atoms. The SMILES string of the molecule is CC(NC(=O)C(CCCN=C(N)N)NC(=O)C(N)CS)C(=O)NC(Cc1c[nH]c2ccccc12)C(=O)O. The molecule has 1 aromatic heterocycles. The first kappa shape index (κ1) is 29.5. The molecule has 0 fully saturated rings. The number of fused-ring (bicyclic) bond motifs is 1. The standard InChI is InChI=1S/C23H34N8O5S/c1-12(29-21(34)17(7-4-8-27-23(25)26)30-20(33)15(24)11-37)19(32)31-18(22(35)36)9-13-10-28-16-6-3-2-5-14(13)16/h2-3,5-6,10,12,15,17-18,28,37H,4,7-9,11,24H2,1H3,(H,29,34)(H,30,33)(H,31,32)(H,35,36)(H4,25,26,27). The molecular weight excluding hydrogens is 500 g/mol. The molecule has 1 aromatic carbocycles. The van der Waals surface area contributed by atoms with Gasteiger partial charge in [-0.1, -0.05) is 18.2 Å². The number of rotatable bonds is 14. The Morgan fingerprint density at radius 2 is 1.73 bits per heavy atom. The molecule has 2 rings (SSSR count). The van der Waals surface area contributed by atoms with Gasteiger partial charge in [-0.15, -0.1) is 0 Å². The molecule has 11 N–H and O–H groups in total. The summed E-state index contributed by atoms with van der Waals surface area (Å²) in [6.07, 6.45) is 2.26. The number of carboxylic acid groups (broad SMARTS) is 1. The van der Waals surface area contributed by atoms with Crippen LogP contribution in [-0.4, -0.2) is 76.2 Å². The van der Waals surface area contributed by atoms with Gasteiger partial charge in [0.25, 0.3) is 0 Å². The molecule has 14 heteroatoms. The van der Waals surface area contributed by atoms with E-state index >= 15 is 0 Å². The van der Waals surface area contributed by atoms with Gasteiger partial charge >= 0.3 is 5.97 Å². The molecule has 0 saturated carbocycles. The van der Waals surface area contributed by atoms with Gasteiger partial charge in [-0.05, 0) is 31.4 Å². The lowest BCUT2D eigenvalue weighted by Gasteiger charge is -2.23. The van der Waals surface area contributed by atoms with Gasteiger partial charge in [-0.2, -0.15) is 12.6 Å². The van der Waals surface area contributed by atoms with E-state index in [0.717, 1.165) is 16.5 Å². The molecule has 13 nitrogen and oxygen atoms in total. The summed E-state index contributed by atoms with van der Waals surface area (Å²) in [6.45, 7) is 1.64. The first-order valence-corrected chi connectivity index (χ1v) is 12.3. The van der Waals surface area contributed by atoms with E-state index in [0.29, 0.717) is 6.42 Å². The number of carbonyl (C=O) groups excluding carboxylic acids is 3. The molecule has 0 spiro atoms. The number of aromatic nitrogens is 1. The number of thiol groups is 1. The minimum atomic E-state index is -1.23. The van der Waals surface area contributed by atoms with Crippen molar-refractivity contribution in [2.75, 3.05) is 12.3 Å². The average molecular weight is 535 g/mol. The number of guanidine groups is 1. The number of aromatic amines is 1. The maximum Gasteiger partial charge on any atom is 0.326 e. The number of aliphatic carboxylic acids is 1. The second-order valence-electron chi connectivity index (χ2n) is 8.49. The smallest absolute Gasteiger partial charge is 0.326 e. The first-order chi connectivity index (χ1) is 17.5.